The molecule has 0 amide bonds. The molecule has 0 aliphatic heterocycles. The molecule has 0 spiro atoms. The van der Waals surface area contributed by atoms with Crippen LogP contribution in [-0.4, -0.2) is 0 Å². The lowest BCUT2D eigenvalue weighted by molar-refractivity contribution is 0.484. The van der Waals surface area contributed by atoms with Crippen LogP contribution in [0.5, 0.6) is 0 Å². The van der Waals surface area contributed by atoms with Gasteiger partial charge in [0.25, 0.3) is 0 Å². The van der Waals surface area contributed by atoms with Crippen molar-refractivity contribution in [2.24, 2.45) is 5.92 Å². The zero-order chi connectivity index (χ0) is 18.5. The van der Waals surface area contributed by atoms with E-state index in [4.69, 9.17) is 0 Å². The van der Waals surface area contributed by atoms with E-state index >= 15 is 0 Å². The fraction of sp³-hybridized carbons (Fsp3) is 0.462. The maximum atomic E-state index is 4.41. The van der Waals surface area contributed by atoms with Crippen LogP contribution in [0.3, 0.4) is 0 Å². The van der Waals surface area contributed by atoms with Crippen LogP contribution in [0.15, 0.2) is 43.0 Å². The van der Waals surface area contributed by atoms with E-state index in [-0.39, 0.29) is 0 Å². The van der Waals surface area contributed by atoms with Crippen molar-refractivity contribution in [3.63, 3.8) is 0 Å². The Kier molecular flexibility index (Phi) is 6.35. The molecule has 0 aromatic heterocycles. The molecule has 0 bridgehead atoms. The summed E-state index contributed by atoms with van der Waals surface area (Å²) < 4.78 is 0. The average Bonchev–Trinajstić information content (AvgIpc) is 3.01. The van der Waals surface area contributed by atoms with Crippen molar-refractivity contribution >= 4 is 5.57 Å². The van der Waals surface area contributed by atoms with Crippen LogP contribution in [0.1, 0.15) is 72.4 Å². The van der Waals surface area contributed by atoms with Crippen LogP contribution in [-0.2, 0) is 19.3 Å². The van der Waals surface area contributed by atoms with E-state index in [0.29, 0.717) is 0 Å². The number of allylic oxidation sites excluding steroid dienone is 1. The second kappa shape index (κ2) is 8.71. The monoisotopic (exact) mass is 346 g/mol. The van der Waals surface area contributed by atoms with E-state index in [1.165, 1.54) is 66.4 Å². The standard InChI is InChI=1S/C26H34/c1-5-8-24-15-20(3)12-14-26(24)21(4)9-6-7-10-22-17-23-13-11-19(2)16-25(23)18-22/h11-16,22H,4-10,17-18H2,1-3H3. The summed E-state index contributed by atoms with van der Waals surface area (Å²) in [6.45, 7) is 11.1. The molecule has 138 valence electrons. The molecule has 0 N–H and O–H groups in total. The molecule has 1 atom stereocenters. The molecule has 3 rings (SSSR count). The summed E-state index contributed by atoms with van der Waals surface area (Å²) in [5, 5.41) is 0. The highest BCUT2D eigenvalue weighted by Crippen LogP contribution is 2.31. The van der Waals surface area contributed by atoms with E-state index in [9.17, 15) is 0 Å². The van der Waals surface area contributed by atoms with Gasteiger partial charge in [-0.05, 0) is 86.1 Å². The number of hydrogen-bond donors (Lipinski definition) is 0. The first-order valence-corrected chi connectivity index (χ1v) is 10.4. The van der Waals surface area contributed by atoms with Crippen molar-refractivity contribution < 1.29 is 0 Å². The molecule has 0 heterocycles. The van der Waals surface area contributed by atoms with Crippen molar-refractivity contribution in [3.05, 3.63) is 76.4 Å². The second-order valence-corrected chi connectivity index (χ2v) is 8.31. The van der Waals surface area contributed by atoms with Crippen LogP contribution in [0.4, 0.5) is 0 Å². The van der Waals surface area contributed by atoms with E-state index in [1.807, 2.05) is 0 Å². The van der Waals surface area contributed by atoms with Crippen molar-refractivity contribution in [2.75, 3.05) is 0 Å². The SMILES string of the molecule is C=C(CCCCC1Cc2ccc(C)cc2C1)c1ccc(C)cc1CCC. The van der Waals surface area contributed by atoms with Gasteiger partial charge >= 0.3 is 0 Å². The lowest BCUT2D eigenvalue weighted by Crippen LogP contribution is -1.99. The highest BCUT2D eigenvalue weighted by Gasteiger charge is 2.20. The quantitative estimate of drug-likeness (QED) is 0.442. The lowest BCUT2D eigenvalue weighted by atomic mass is 9.92. The summed E-state index contributed by atoms with van der Waals surface area (Å²) >= 11 is 0. The summed E-state index contributed by atoms with van der Waals surface area (Å²) in [6.07, 6.45) is 10.0. The van der Waals surface area contributed by atoms with Gasteiger partial charge in [0.05, 0.1) is 0 Å². The molecule has 1 aliphatic rings. The van der Waals surface area contributed by atoms with Crippen LogP contribution < -0.4 is 0 Å². The van der Waals surface area contributed by atoms with Gasteiger partial charge in [0, 0.05) is 0 Å². The summed E-state index contributed by atoms with van der Waals surface area (Å²) in [5.74, 6) is 0.857. The Hall–Kier alpha value is -1.82. The predicted octanol–water partition coefficient (Wildman–Crippen LogP) is 7.24. The molecular formula is C26H34. The number of rotatable bonds is 8. The molecule has 26 heavy (non-hydrogen) atoms. The summed E-state index contributed by atoms with van der Waals surface area (Å²) in [5.41, 5.74) is 10.2. The van der Waals surface area contributed by atoms with Gasteiger partial charge in [-0.15, -0.1) is 0 Å². The Balaban J connectivity index is 1.46. The van der Waals surface area contributed by atoms with Crippen LogP contribution >= 0.6 is 0 Å². The summed E-state index contributed by atoms with van der Waals surface area (Å²) in [6, 6.07) is 13.9. The van der Waals surface area contributed by atoms with Gasteiger partial charge in [0.2, 0.25) is 0 Å². The first-order valence-electron chi connectivity index (χ1n) is 10.4. The van der Waals surface area contributed by atoms with Gasteiger partial charge in [-0.1, -0.05) is 73.9 Å². The maximum absolute atomic E-state index is 4.41. The molecule has 2 aromatic rings. The van der Waals surface area contributed by atoms with Gasteiger partial charge in [-0.3, -0.25) is 0 Å². The number of fused-ring (bicyclic) bond motifs is 1. The van der Waals surface area contributed by atoms with Crippen LogP contribution in [0, 0.1) is 19.8 Å². The third-order valence-corrected chi connectivity index (χ3v) is 5.88. The third-order valence-electron chi connectivity index (χ3n) is 5.88. The highest BCUT2D eigenvalue weighted by atomic mass is 14.3. The highest BCUT2D eigenvalue weighted by molar-refractivity contribution is 5.66. The minimum atomic E-state index is 0.857. The van der Waals surface area contributed by atoms with Gasteiger partial charge in [0.1, 0.15) is 0 Å². The molecule has 0 radical (unpaired) electrons. The lowest BCUT2D eigenvalue weighted by Gasteiger charge is -2.14. The molecule has 0 saturated carbocycles. The fourth-order valence-corrected chi connectivity index (χ4v) is 4.49. The molecular weight excluding hydrogens is 312 g/mol. The van der Waals surface area contributed by atoms with Crippen molar-refractivity contribution in [1.82, 2.24) is 0 Å². The van der Waals surface area contributed by atoms with Crippen LogP contribution in [0.2, 0.25) is 0 Å². The van der Waals surface area contributed by atoms with Gasteiger partial charge in [0.15, 0.2) is 0 Å². The summed E-state index contributed by atoms with van der Waals surface area (Å²) in [4.78, 5) is 0. The predicted molar refractivity (Wildman–Crippen MR) is 115 cm³/mol. The number of hydrogen-bond acceptors (Lipinski definition) is 0. The zero-order valence-corrected chi connectivity index (χ0v) is 16.9. The van der Waals surface area contributed by atoms with E-state index < -0.39 is 0 Å². The molecule has 0 nitrogen and oxygen atoms in total. The van der Waals surface area contributed by atoms with E-state index in [0.717, 1.165) is 18.8 Å². The molecule has 0 saturated heterocycles. The Morgan fingerprint density at radius 3 is 2.50 bits per heavy atom. The van der Waals surface area contributed by atoms with E-state index in [1.54, 1.807) is 11.1 Å². The molecule has 1 unspecified atom stereocenters. The minimum absolute atomic E-state index is 0.857. The second-order valence-electron chi connectivity index (χ2n) is 8.31. The number of benzene rings is 2. The average molecular weight is 347 g/mol. The Morgan fingerprint density at radius 2 is 1.69 bits per heavy atom. The molecule has 0 fully saturated rings. The molecule has 0 heteroatoms. The fourth-order valence-electron chi connectivity index (χ4n) is 4.49. The Bertz CT molecular complexity index is 766. The Morgan fingerprint density at radius 1 is 0.962 bits per heavy atom. The van der Waals surface area contributed by atoms with Crippen molar-refractivity contribution in [3.8, 4) is 0 Å². The number of aryl methyl sites for hydroxylation is 3. The molecule has 1 aliphatic carbocycles. The normalized spacial score (nSPS) is 15.9. The smallest absolute Gasteiger partial charge is 0.0198 e. The van der Waals surface area contributed by atoms with Gasteiger partial charge in [-0.2, -0.15) is 0 Å². The zero-order valence-electron chi connectivity index (χ0n) is 16.9. The van der Waals surface area contributed by atoms with Crippen molar-refractivity contribution in [2.45, 2.75) is 72.1 Å². The topological polar surface area (TPSA) is 0 Å². The third kappa shape index (κ3) is 4.67. The largest absolute Gasteiger partial charge is 0.0952 e. The minimum Gasteiger partial charge on any atom is -0.0952 e. The van der Waals surface area contributed by atoms with Crippen LogP contribution in [0.25, 0.3) is 5.57 Å². The molecule has 2 aromatic carbocycles. The maximum Gasteiger partial charge on any atom is -0.0198 e. The first-order chi connectivity index (χ1) is 12.6. The van der Waals surface area contributed by atoms with Crippen molar-refractivity contribution in [1.29, 1.82) is 0 Å². The summed E-state index contributed by atoms with van der Waals surface area (Å²) in [7, 11) is 0. The Labute approximate surface area is 160 Å². The number of unbranched alkanes of at least 4 members (excludes halogenated alkanes) is 1. The van der Waals surface area contributed by atoms with Gasteiger partial charge in [-0.25, -0.2) is 0 Å². The van der Waals surface area contributed by atoms with E-state index in [2.05, 4.69) is 63.7 Å². The van der Waals surface area contributed by atoms with Gasteiger partial charge < -0.3 is 0 Å². The first kappa shape index (κ1) is 19.0.